The fourth-order valence-corrected chi connectivity index (χ4v) is 2.64. The van der Waals surface area contributed by atoms with Crippen LogP contribution in [-0.2, 0) is 17.4 Å². The summed E-state index contributed by atoms with van der Waals surface area (Å²) < 4.78 is 48.7. The number of aliphatic hydroxyl groups excluding tert-OH is 1. The Morgan fingerprint density at radius 1 is 1.04 bits per heavy atom. The van der Waals surface area contributed by atoms with Crippen LogP contribution in [0.5, 0.6) is 11.5 Å². The van der Waals surface area contributed by atoms with Crippen LogP contribution in [0.15, 0.2) is 42.5 Å². The van der Waals surface area contributed by atoms with Gasteiger partial charge >= 0.3 is 6.18 Å². The molecule has 0 aromatic heterocycles. The summed E-state index contributed by atoms with van der Waals surface area (Å²) in [5.41, 5.74) is 0.876. The van der Waals surface area contributed by atoms with Crippen molar-refractivity contribution in [2.75, 3.05) is 18.5 Å². The number of alkyl halides is 3. The molecule has 2 aromatic rings. The number of benzene rings is 2. The minimum atomic E-state index is -4.45. The molecule has 8 heteroatoms. The van der Waals surface area contributed by atoms with Crippen molar-refractivity contribution in [2.45, 2.75) is 25.1 Å². The molecule has 1 aliphatic rings. The first-order valence-corrected chi connectivity index (χ1v) is 8.35. The number of halogens is 3. The van der Waals surface area contributed by atoms with E-state index in [1.165, 1.54) is 12.1 Å². The van der Waals surface area contributed by atoms with E-state index in [2.05, 4.69) is 5.32 Å². The molecular formula is C19H18F3NO4. The van der Waals surface area contributed by atoms with Crippen molar-refractivity contribution >= 4 is 11.6 Å². The van der Waals surface area contributed by atoms with Crippen LogP contribution in [0, 0.1) is 0 Å². The molecule has 0 radical (unpaired) electrons. The second-order valence-electron chi connectivity index (χ2n) is 6.17. The summed E-state index contributed by atoms with van der Waals surface area (Å²) in [6, 6.07) is 9.65. The van der Waals surface area contributed by atoms with Crippen LogP contribution >= 0.6 is 0 Å². The van der Waals surface area contributed by atoms with Gasteiger partial charge in [0.1, 0.15) is 30.8 Å². The molecule has 0 saturated heterocycles. The molecule has 5 nitrogen and oxygen atoms in total. The summed E-state index contributed by atoms with van der Waals surface area (Å²) in [7, 11) is 0. The second-order valence-corrected chi connectivity index (χ2v) is 6.17. The molecule has 3 rings (SSSR count). The number of hydrogen-bond acceptors (Lipinski definition) is 4. The molecule has 2 aromatic carbocycles. The monoisotopic (exact) mass is 381 g/mol. The number of carbonyl (C=O) groups is 1. The molecule has 1 atom stereocenters. The van der Waals surface area contributed by atoms with Crippen molar-refractivity contribution in [1.82, 2.24) is 0 Å². The molecule has 0 saturated carbocycles. The van der Waals surface area contributed by atoms with E-state index < -0.39 is 17.8 Å². The molecule has 0 spiro atoms. The molecule has 144 valence electrons. The average molecular weight is 381 g/mol. The van der Waals surface area contributed by atoms with Gasteiger partial charge in [0.15, 0.2) is 0 Å². The number of amides is 1. The van der Waals surface area contributed by atoms with Gasteiger partial charge in [-0.1, -0.05) is 6.07 Å². The quantitative estimate of drug-likeness (QED) is 0.805. The molecule has 0 fully saturated rings. The maximum absolute atomic E-state index is 12.7. The molecule has 1 aliphatic heterocycles. The molecule has 1 heterocycles. The maximum Gasteiger partial charge on any atom is 0.416 e. The van der Waals surface area contributed by atoms with Gasteiger partial charge in [-0.25, -0.2) is 0 Å². The number of anilines is 1. The van der Waals surface area contributed by atoms with Crippen LogP contribution in [0.25, 0.3) is 0 Å². The third kappa shape index (κ3) is 5.13. The van der Waals surface area contributed by atoms with Crippen LogP contribution in [0.4, 0.5) is 18.9 Å². The number of rotatable bonds is 6. The Hall–Kier alpha value is -2.74. The Morgan fingerprint density at radius 2 is 1.74 bits per heavy atom. The number of aryl methyl sites for hydroxylation is 1. The maximum atomic E-state index is 12.7. The number of ether oxygens (including phenoxy) is 2. The van der Waals surface area contributed by atoms with Crippen molar-refractivity contribution in [3.8, 4) is 11.5 Å². The number of nitrogens with one attached hydrogen (secondary N) is 1. The second kappa shape index (κ2) is 7.87. The van der Waals surface area contributed by atoms with Gasteiger partial charge in [-0.2, -0.15) is 13.2 Å². The van der Waals surface area contributed by atoms with Crippen LogP contribution in [-0.4, -0.2) is 30.3 Å². The zero-order valence-corrected chi connectivity index (χ0v) is 14.3. The van der Waals surface area contributed by atoms with E-state index >= 15 is 0 Å². The standard InChI is InChI=1S/C19H18F3NO4/c20-19(21,22)13-2-1-3-15(9-13)26-10-14(24)11-27-16-5-6-17-12(8-16)4-7-18(25)23-17/h1-3,5-6,8-9,14,24H,4,7,10-11H2,(H,23,25). The highest BCUT2D eigenvalue weighted by atomic mass is 19.4. The number of hydrogen-bond donors (Lipinski definition) is 2. The lowest BCUT2D eigenvalue weighted by molar-refractivity contribution is -0.137. The summed E-state index contributed by atoms with van der Waals surface area (Å²) >= 11 is 0. The summed E-state index contributed by atoms with van der Waals surface area (Å²) in [4.78, 5) is 11.3. The molecule has 1 amide bonds. The minimum absolute atomic E-state index is 0.0217. The third-order valence-corrected chi connectivity index (χ3v) is 4.02. The molecule has 2 N–H and O–H groups in total. The van der Waals surface area contributed by atoms with Gasteiger partial charge < -0.3 is 19.9 Å². The third-order valence-electron chi connectivity index (χ3n) is 4.02. The number of carbonyl (C=O) groups excluding carboxylic acids is 1. The molecule has 27 heavy (non-hydrogen) atoms. The van der Waals surface area contributed by atoms with Crippen molar-refractivity contribution in [1.29, 1.82) is 0 Å². The van der Waals surface area contributed by atoms with Gasteiger partial charge in [-0.3, -0.25) is 4.79 Å². The molecule has 0 bridgehead atoms. The normalized spacial score (nSPS) is 14.9. The SMILES string of the molecule is O=C1CCc2cc(OCC(O)COc3cccc(C(F)(F)F)c3)ccc2N1. The highest BCUT2D eigenvalue weighted by molar-refractivity contribution is 5.93. The van der Waals surface area contributed by atoms with Gasteiger partial charge in [0.25, 0.3) is 0 Å². The minimum Gasteiger partial charge on any atom is -0.491 e. The highest BCUT2D eigenvalue weighted by Crippen LogP contribution is 2.31. The lowest BCUT2D eigenvalue weighted by atomic mass is 10.0. The van der Waals surface area contributed by atoms with Crippen LogP contribution < -0.4 is 14.8 Å². The summed E-state index contributed by atoms with van der Waals surface area (Å²) in [6.45, 7) is -0.285. The highest BCUT2D eigenvalue weighted by Gasteiger charge is 2.30. The molecule has 0 aliphatic carbocycles. The predicted octanol–water partition coefficient (Wildman–Crippen LogP) is 3.41. The smallest absolute Gasteiger partial charge is 0.416 e. The van der Waals surface area contributed by atoms with E-state index in [1.54, 1.807) is 18.2 Å². The fraction of sp³-hybridized carbons (Fsp3) is 0.316. The van der Waals surface area contributed by atoms with E-state index in [4.69, 9.17) is 9.47 Å². The lowest BCUT2D eigenvalue weighted by Crippen LogP contribution is -2.25. The van der Waals surface area contributed by atoms with Crippen molar-refractivity contribution < 1.29 is 32.5 Å². The Kier molecular flexibility index (Phi) is 5.55. The van der Waals surface area contributed by atoms with Crippen LogP contribution in [0.3, 0.4) is 0 Å². The number of aliphatic hydroxyl groups is 1. The van der Waals surface area contributed by atoms with Crippen LogP contribution in [0.1, 0.15) is 17.5 Å². The summed E-state index contributed by atoms with van der Waals surface area (Å²) in [5.74, 6) is 0.523. The van der Waals surface area contributed by atoms with Crippen molar-refractivity contribution in [3.05, 3.63) is 53.6 Å². The lowest BCUT2D eigenvalue weighted by Gasteiger charge is -2.18. The Bertz CT molecular complexity index is 823. The number of fused-ring (bicyclic) bond motifs is 1. The first-order chi connectivity index (χ1) is 12.8. The fourth-order valence-electron chi connectivity index (χ4n) is 2.64. The largest absolute Gasteiger partial charge is 0.491 e. The first kappa shape index (κ1) is 19.0. The van der Waals surface area contributed by atoms with E-state index in [1.807, 2.05) is 0 Å². The predicted molar refractivity (Wildman–Crippen MR) is 91.8 cm³/mol. The molecule has 1 unspecified atom stereocenters. The van der Waals surface area contributed by atoms with Gasteiger partial charge in [0, 0.05) is 12.1 Å². The van der Waals surface area contributed by atoms with Gasteiger partial charge in [-0.15, -0.1) is 0 Å². The Labute approximate surface area is 153 Å². The zero-order chi connectivity index (χ0) is 19.4. The summed E-state index contributed by atoms with van der Waals surface area (Å²) in [5, 5.41) is 12.7. The van der Waals surface area contributed by atoms with Crippen molar-refractivity contribution in [2.24, 2.45) is 0 Å². The van der Waals surface area contributed by atoms with Gasteiger partial charge in [-0.05, 0) is 48.4 Å². The average Bonchev–Trinajstić information content (AvgIpc) is 2.64. The van der Waals surface area contributed by atoms with E-state index in [9.17, 15) is 23.1 Å². The van der Waals surface area contributed by atoms with Crippen molar-refractivity contribution in [3.63, 3.8) is 0 Å². The van der Waals surface area contributed by atoms with E-state index in [-0.39, 0.29) is 24.9 Å². The topological polar surface area (TPSA) is 67.8 Å². The van der Waals surface area contributed by atoms with E-state index in [0.29, 0.717) is 18.6 Å². The first-order valence-electron chi connectivity index (χ1n) is 8.35. The Balaban J connectivity index is 1.50. The van der Waals surface area contributed by atoms with E-state index in [0.717, 1.165) is 23.4 Å². The Morgan fingerprint density at radius 3 is 2.44 bits per heavy atom. The van der Waals surface area contributed by atoms with Gasteiger partial charge in [0.05, 0.1) is 5.56 Å². The van der Waals surface area contributed by atoms with Gasteiger partial charge in [0.2, 0.25) is 5.91 Å². The zero-order valence-electron chi connectivity index (χ0n) is 14.3. The summed E-state index contributed by atoms with van der Waals surface area (Å²) in [6.07, 6.45) is -4.45. The van der Waals surface area contributed by atoms with Crippen LogP contribution in [0.2, 0.25) is 0 Å². The molecular weight excluding hydrogens is 363 g/mol.